The van der Waals surface area contributed by atoms with Gasteiger partial charge in [-0.1, -0.05) is 19.3 Å². The summed E-state index contributed by atoms with van der Waals surface area (Å²) < 4.78 is 10.8. The molecule has 2 fully saturated rings. The molecule has 2 atom stereocenters. The molecular weight excluding hydrogens is 276 g/mol. The molecule has 21 heavy (non-hydrogen) atoms. The first-order valence-corrected chi connectivity index (χ1v) is 7.63. The smallest absolute Gasteiger partial charge is 0.315 e. The summed E-state index contributed by atoms with van der Waals surface area (Å²) in [7, 11) is 0. The number of carboxylic acids is 1. The number of rotatable bonds is 6. The minimum Gasteiger partial charge on any atom is -0.481 e. The highest BCUT2D eigenvalue weighted by atomic mass is 16.5. The molecule has 0 aromatic heterocycles. The predicted octanol–water partition coefficient (Wildman–Crippen LogP) is 0.734. The van der Waals surface area contributed by atoms with E-state index >= 15 is 0 Å². The van der Waals surface area contributed by atoms with E-state index in [2.05, 4.69) is 10.6 Å². The summed E-state index contributed by atoms with van der Waals surface area (Å²) in [5.41, 5.74) is 0. The van der Waals surface area contributed by atoms with Gasteiger partial charge in [-0.2, -0.15) is 0 Å². The lowest BCUT2D eigenvalue weighted by atomic mass is 9.98. The Bertz CT molecular complexity index is 357. The zero-order valence-corrected chi connectivity index (χ0v) is 12.2. The summed E-state index contributed by atoms with van der Waals surface area (Å²) in [5.74, 6) is -1.62. The van der Waals surface area contributed by atoms with Crippen molar-refractivity contribution in [1.29, 1.82) is 0 Å². The molecule has 0 aromatic rings. The molecule has 1 aliphatic heterocycles. The van der Waals surface area contributed by atoms with Crippen molar-refractivity contribution in [3.8, 4) is 0 Å². The Morgan fingerprint density at radius 1 is 1.19 bits per heavy atom. The normalized spacial score (nSPS) is 26.5. The van der Waals surface area contributed by atoms with E-state index in [-0.39, 0.29) is 19.2 Å². The Kier molecular flexibility index (Phi) is 6.25. The number of carbonyl (C=O) groups is 2. The van der Waals surface area contributed by atoms with Crippen molar-refractivity contribution in [1.82, 2.24) is 10.6 Å². The van der Waals surface area contributed by atoms with Crippen LogP contribution >= 0.6 is 0 Å². The zero-order chi connectivity index (χ0) is 15.1. The number of ether oxygens (including phenoxy) is 2. The van der Waals surface area contributed by atoms with E-state index in [1.807, 2.05) is 0 Å². The van der Waals surface area contributed by atoms with E-state index < -0.39 is 17.9 Å². The molecule has 0 bridgehead atoms. The van der Waals surface area contributed by atoms with Gasteiger partial charge in [-0.15, -0.1) is 0 Å². The van der Waals surface area contributed by atoms with E-state index in [1.165, 1.54) is 19.3 Å². The third kappa shape index (κ3) is 5.17. The summed E-state index contributed by atoms with van der Waals surface area (Å²) >= 11 is 0. The maximum Gasteiger partial charge on any atom is 0.315 e. The minimum absolute atomic E-state index is 0.144. The molecule has 0 spiro atoms. The van der Waals surface area contributed by atoms with E-state index in [9.17, 15) is 9.59 Å². The molecule has 1 heterocycles. The van der Waals surface area contributed by atoms with Crippen LogP contribution in [0.25, 0.3) is 0 Å². The molecule has 2 amide bonds. The Hall–Kier alpha value is -1.34. The lowest BCUT2D eigenvalue weighted by Gasteiger charge is -2.22. The molecule has 3 N–H and O–H groups in total. The van der Waals surface area contributed by atoms with Crippen molar-refractivity contribution < 1.29 is 24.2 Å². The molecule has 1 saturated heterocycles. The molecule has 1 saturated carbocycles. The van der Waals surface area contributed by atoms with Crippen molar-refractivity contribution in [2.45, 2.75) is 44.2 Å². The van der Waals surface area contributed by atoms with Gasteiger partial charge in [0, 0.05) is 6.54 Å². The zero-order valence-electron chi connectivity index (χ0n) is 12.2. The molecule has 2 rings (SSSR count). The second-order valence-corrected chi connectivity index (χ2v) is 5.62. The van der Waals surface area contributed by atoms with Crippen molar-refractivity contribution >= 4 is 12.0 Å². The molecule has 2 aliphatic rings. The van der Waals surface area contributed by atoms with Crippen LogP contribution in [-0.4, -0.2) is 55.6 Å². The Balaban J connectivity index is 1.58. The SMILES string of the molecule is O=C(NCCOC1CCCCC1)NC1COCC1C(=O)O. The highest BCUT2D eigenvalue weighted by molar-refractivity contribution is 5.77. The Labute approximate surface area is 124 Å². The van der Waals surface area contributed by atoms with Crippen LogP contribution in [0, 0.1) is 5.92 Å². The van der Waals surface area contributed by atoms with Gasteiger partial charge in [0.25, 0.3) is 0 Å². The summed E-state index contributed by atoms with van der Waals surface area (Å²) in [6, 6.07) is -0.842. The summed E-state index contributed by atoms with van der Waals surface area (Å²) in [6.45, 7) is 1.29. The monoisotopic (exact) mass is 300 g/mol. The third-order valence-electron chi connectivity index (χ3n) is 4.01. The van der Waals surface area contributed by atoms with E-state index in [0.717, 1.165) is 12.8 Å². The van der Waals surface area contributed by atoms with Crippen molar-refractivity contribution in [3.05, 3.63) is 0 Å². The lowest BCUT2D eigenvalue weighted by molar-refractivity contribution is -0.142. The van der Waals surface area contributed by atoms with Crippen LogP contribution in [0.1, 0.15) is 32.1 Å². The highest BCUT2D eigenvalue weighted by Crippen LogP contribution is 2.19. The van der Waals surface area contributed by atoms with E-state index in [1.54, 1.807) is 0 Å². The van der Waals surface area contributed by atoms with Gasteiger partial charge in [-0.3, -0.25) is 4.79 Å². The maximum atomic E-state index is 11.7. The molecular formula is C14H24N2O5. The van der Waals surface area contributed by atoms with Crippen LogP contribution in [0.5, 0.6) is 0 Å². The topological polar surface area (TPSA) is 96.9 Å². The van der Waals surface area contributed by atoms with Crippen molar-refractivity contribution in [3.63, 3.8) is 0 Å². The third-order valence-corrected chi connectivity index (χ3v) is 4.01. The second-order valence-electron chi connectivity index (χ2n) is 5.62. The molecule has 120 valence electrons. The first kappa shape index (κ1) is 16.0. The Morgan fingerprint density at radius 3 is 2.67 bits per heavy atom. The molecule has 0 radical (unpaired) electrons. The average Bonchev–Trinajstić information content (AvgIpc) is 2.93. The van der Waals surface area contributed by atoms with Crippen LogP contribution in [0.3, 0.4) is 0 Å². The number of nitrogens with one attached hydrogen (secondary N) is 2. The molecule has 7 heteroatoms. The molecule has 0 aromatic carbocycles. The number of hydrogen-bond acceptors (Lipinski definition) is 4. The van der Waals surface area contributed by atoms with Gasteiger partial charge < -0.3 is 25.2 Å². The van der Waals surface area contributed by atoms with Crippen molar-refractivity contribution in [2.24, 2.45) is 5.92 Å². The standard InChI is InChI=1S/C14H24N2O5/c17-13(18)11-8-20-9-12(11)16-14(19)15-6-7-21-10-4-2-1-3-5-10/h10-12H,1-9H2,(H,17,18)(H2,15,16,19). The predicted molar refractivity (Wildman–Crippen MR) is 75.1 cm³/mol. The first-order chi connectivity index (χ1) is 10.2. The van der Waals surface area contributed by atoms with Gasteiger partial charge in [0.15, 0.2) is 0 Å². The summed E-state index contributed by atoms with van der Waals surface area (Å²) in [4.78, 5) is 22.6. The van der Waals surface area contributed by atoms with Gasteiger partial charge in [-0.25, -0.2) is 4.79 Å². The highest BCUT2D eigenvalue weighted by Gasteiger charge is 2.34. The van der Waals surface area contributed by atoms with Crippen LogP contribution in [0.2, 0.25) is 0 Å². The van der Waals surface area contributed by atoms with Gasteiger partial charge in [0.05, 0.1) is 32.0 Å². The number of aliphatic carboxylic acids is 1. The summed E-state index contributed by atoms with van der Waals surface area (Å²) in [6.07, 6.45) is 6.25. The van der Waals surface area contributed by atoms with Crippen LogP contribution in [-0.2, 0) is 14.3 Å². The molecule has 2 unspecified atom stereocenters. The van der Waals surface area contributed by atoms with Gasteiger partial charge in [0.1, 0.15) is 5.92 Å². The van der Waals surface area contributed by atoms with Crippen LogP contribution < -0.4 is 10.6 Å². The van der Waals surface area contributed by atoms with Gasteiger partial charge in [-0.05, 0) is 12.8 Å². The van der Waals surface area contributed by atoms with Crippen LogP contribution in [0.4, 0.5) is 4.79 Å². The van der Waals surface area contributed by atoms with E-state index in [4.69, 9.17) is 14.6 Å². The number of urea groups is 1. The lowest BCUT2D eigenvalue weighted by Crippen LogP contribution is -2.47. The average molecular weight is 300 g/mol. The van der Waals surface area contributed by atoms with Crippen LogP contribution in [0.15, 0.2) is 0 Å². The summed E-state index contributed by atoms with van der Waals surface area (Å²) in [5, 5.41) is 14.3. The first-order valence-electron chi connectivity index (χ1n) is 7.63. The number of amides is 2. The van der Waals surface area contributed by atoms with Gasteiger partial charge in [0.2, 0.25) is 0 Å². The fraction of sp³-hybridized carbons (Fsp3) is 0.857. The molecule has 1 aliphatic carbocycles. The van der Waals surface area contributed by atoms with Crippen molar-refractivity contribution in [2.75, 3.05) is 26.4 Å². The van der Waals surface area contributed by atoms with Gasteiger partial charge >= 0.3 is 12.0 Å². The second kappa shape index (κ2) is 8.19. The number of carboxylic acid groups (broad SMARTS) is 1. The quantitative estimate of drug-likeness (QED) is 0.629. The number of carbonyl (C=O) groups excluding carboxylic acids is 1. The fourth-order valence-electron chi connectivity index (χ4n) is 2.78. The fourth-order valence-corrected chi connectivity index (χ4v) is 2.78. The Morgan fingerprint density at radius 2 is 1.95 bits per heavy atom. The number of hydrogen-bond donors (Lipinski definition) is 3. The largest absolute Gasteiger partial charge is 0.481 e. The molecule has 7 nitrogen and oxygen atoms in total. The maximum absolute atomic E-state index is 11.7. The van der Waals surface area contributed by atoms with E-state index in [0.29, 0.717) is 19.3 Å². The minimum atomic E-state index is -0.946.